The highest BCUT2D eigenvalue weighted by molar-refractivity contribution is 6.33. The molecule has 4 aromatic rings. The Balaban J connectivity index is 1.27. The summed E-state index contributed by atoms with van der Waals surface area (Å²) < 4.78 is 11.7. The van der Waals surface area contributed by atoms with E-state index >= 15 is 0 Å². The van der Waals surface area contributed by atoms with Gasteiger partial charge < -0.3 is 25.4 Å². The predicted molar refractivity (Wildman–Crippen MR) is 231 cm³/mol. The Morgan fingerprint density at radius 1 is 0.875 bits per heavy atom. The van der Waals surface area contributed by atoms with E-state index in [4.69, 9.17) is 26.8 Å². The first-order valence-electron chi connectivity index (χ1n) is 19.9. The molecule has 56 heavy (non-hydrogen) atoms. The summed E-state index contributed by atoms with van der Waals surface area (Å²) in [5, 5.41) is 16.4. The Labute approximate surface area is 337 Å². The maximum Gasteiger partial charge on any atom is 0.269 e. The number of nitro groups is 1. The van der Waals surface area contributed by atoms with Crippen LogP contribution in [0.1, 0.15) is 96.9 Å². The number of nitrogen functional groups attached to an aromatic ring is 1. The van der Waals surface area contributed by atoms with Crippen LogP contribution in [0, 0.1) is 10.1 Å². The predicted octanol–water partition coefficient (Wildman–Crippen LogP) is 11.7. The highest BCUT2D eigenvalue weighted by atomic mass is 35.5. The minimum atomic E-state index is -0.451. The van der Waals surface area contributed by atoms with Crippen molar-refractivity contribution in [1.29, 1.82) is 0 Å². The van der Waals surface area contributed by atoms with Gasteiger partial charge in [0.05, 0.1) is 17.1 Å². The summed E-state index contributed by atoms with van der Waals surface area (Å²) in [5.41, 5.74) is 16.6. The van der Waals surface area contributed by atoms with Gasteiger partial charge in [-0.15, -0.1) is 0 Å². The van der Waals surface area contributed by atoms with E-state index in [-0.39, 0.29) is 28.2 Å². The number of fused-ring (bicyclic) bond motifs is 1. The van der Waals surface area contributed by atoms with Gasteiger partial charge in [-0.2, -0.15) is 0 Å². The Bertz CT molecular complexity index is 2120. The van der Waals surface area contributed by atoms with Crippen molar-refractivity contribution in [2.45, 2.75) is 111 Å². The molecule has 0 unspecified atom stereocenters. The Morgan fingerprint density at radius 3 is 2.07 bits per heavy atom. The number of nitro benzene ring substituents is 1. The number of non-ortho nitro benzene ring substituents is 1. The van der Waals surface area contributed by atoms with Gasteiger partial charge in [0, 0.05) is 58.4 Å². The molecule has 2 aliphatic rings. The zero-order valence-electron chi connectivity index (χ0n) is 34.2. The molecule has 1 heterocycles. The standard InChI is InChI=1S/C47H57ClN4O4/c1-30(2)55-37-16-9-32(10-17-37)23-25-50-42-21-15-36(52(53)54)28-40(42)46(5,6)29-34-13-20-39(44(34)48)45-47(7,8)41-27-35(49)14-22-43(41)51(45)26-24-33-11-18-38(19-12-33)56-31(3)4/h9-12,14-19,21-22,27-28,30-31,50H,13,20,23-26,29,49H2,1-8H3/b45-39+. The Morgan fingerprint density at radius 2 is 1.48 bits per heavy atom. The second kappa shape index (κ2) is 16.6. The smallest absolute Gasteiger partial charge is 0.269 e. The van der Waals surface area contributed by atoms with Crippen molar-refractivity contribution in [3.63, 3.8) is 0 Å². The maximum absolute atomic E-state index is 12.0. The van der Waals surface area contributed by atoms with Crippen LogP contribution in [0.5, 0.6) is 11.5 Å². The van der Waals surface area contributed by atoms with E-state index in [2.05, 4.69) is 74.3 Å². The first-order chi connectivity index (χ1) is 26.5. The van der Waals surface area contributed by atoms with Crippen LogP contribution in [-0.4, -0.2) is 30.2 Å². The number of allylic oxidation sites excluding steroid dienone is 4. The van der Waals surface area contributed by atoms with E-state index in [1.165, 1.54) is 33.5 Å². The number of nitrogens with zero attached hydrogens (tertiary/aromatic N) is 2. The fraction of sp³-hybridized carbons (Fsp3) is 0.404. The van der Waals surface area contributed by atoms with E-state index in [1.807, 2.05) is 64.1 Å². The van der Waals surface area contributed by atoms with Crippen molar-refractivity contribution in [3.8, 4) is 11.5 Å². The van der Waals surface area contributed by atoms with Crippen molar-refractivity contribution < 1.29 is 14.4 Å². The van der Waals surface area contributed by atoms with Crippen molar-refractivity contribution in [1.82, 2.24) is 0 Å². The fourth-order valence-electron chi connectivity index (χ4n) is 8.33. The first-order valence-corrected chi connectivity index (χ1v) is 20.2. The van der Waals surface area contributed by atoms with Crippen LogP contribution in [0.25, 0.3) is 0 Å². The minimum Gasteiger partial charge on any atom is -0.491 e. The van der Waals surface area contributed by atoms with E-state index in [9.17, 15) is 10.1 Å². The molecular formula is C47H57ClN4O4. The molecule has 9 heteroatoms. The van der Waals surface area contributed by atoms with Gasteiger partial charge in [0.1, 0.15) is 11.5 Å². The molecule has 0 saturated carbocycles. The van der Waals surface area contributed by atoms with Crippen LogP contribution in [0.2, 0.25) is 0 Å². The van der Waals surface area contributed by atoms with Gasteiger partial charge >= 0.3 is 0 Å². The molecule has 1 aliphatic heterocycles. The van der Waals surface area contributed by atoms with Crippen molar-refractivity contribution in [2.75, 3.05) is 29.0 Å². The van der Waals surface area contributed by atoms with Crippen molar-refractivity contribution in [2.24, 2.45) is 0 Å². The van der Waals surface area contributed by atoms with Gasteiger partial charge in [-0.05, 0) is 142 Å². The lowest BCUT2D eigenvalue weighted by atomic mass is 9.77. The highest BCUT2D eigenvalue weighted by Gasteiger charge is 2.43. The molecule has 6 rings (SSSR count). The monoisotopic (exact) mass is 776 g/mol. The number of rotatable bonds is 15. The number of hydrogen-bond acceptors (Lipinski definition) is 7. The Kier molecular flexibility index (Phi) is 12.1. The van der Waals surface area contributed by atoms with Gasteiger partial charge in [0.2, 0.25) is 0 Å². The van der Waals surface area contributed by atoms with E-state index in [1.54, 1.807) is 12.1 Å². The molecule has 0 amide bonds. The first kappa shape index (κ1) is 40.7. The maximum atomic E-state index is 12.0. The third-order valence-corrected chi connectivity index (χ3v) is 11.4. The average molecular weight is 777 g/mol. The molecule has 0 bridgehead atoms. The van der Waals surface area contributed by atoms with E-state index < -0.39 is 5.41 Å². The van der Waals surface area contributed by atoms with Crippen molar-refractivity contribution in [3.05, 3.63) is 139 Å². The summed E-state index contributed by atoms with van der Waals surface area (Å²) in [5.74, 6) is 1.73. The van der Waals surface area contributed by atoms with Gasteiger partial charge in [-0.3, -0.25) is 10.1 Å². The molecule has 0 aromatic heterocycles. The normalized spacial score (nSPS) is 16.5. The summed E-state index contributed by atoms with van der Waals surface area (Å²) in [6.07, 6.45) is 4.21. The topological polar surface area (TPSA) is 103 Å². The second-order valence-corrected chi connectivity index (χ2v) is 17.3. The van der Waals surface area contributed by atoms with Gasteiger partial charge in [-0.1, -0.05) is 69.1 Å². The van der Waals surface area contributed by atoms with Gasteiger partial charge in [0.25, 0.3) is 5.69 Å². The van der Waals surface area contributed by atoms with Crippen LogP contribution in [-0.2, 0) is 23.7 Å². The number of hydrogen-bond donors (Lipinski definition) is 2. The SMILES string of the molecule is CC(C)Oc1ccc(CCNc2ccc([N+](=O)[O-])cc2C(C)(C)CC2=C(Cl)/C(=C3/N(CCc4ccc(OC(C)C)cc4)c4ccc(N)cc4C3(C)C)CC2)cc1. The summed E-state index contributed by atoms with van der Waals surface area (Å²) in [7, 11) is 0. The molecule has 4 aromatic carbocycles. The highest BCUT2D eigenvalue weighted by Crippen LogP contribution is 2.54. The molecule has 0 atom stereocenters. The van der Waals surface area contributed by atoms with E-state index in [0.717, 1.165) is 71.4 Å². The van der Waals surface area contributed by atoms with Crippen LogP contribution in [0.3, 0.4) is 0 Å². The number of halogens is 1. The third-order valence-electron chi connectivity index (χ3n) is 10.9. The number of benzene rings is 4. The van der Waals surface area contributed by atoms with E-state index in [0.29, 0.717) is 13.0 Å². The number of nitrogens with two attached hydrogens (primary N) is 1. The Hall–Kier alpha value is -4.95. The quantitative estimate of drug-likeness (QED) is 0.0704. The molecule has 0 saturated heterocycles. The van der Waals surface area contributed by atoms with Crippen LogP contribution in [0.15, 0.2) is 107 Å². The summed E-state index contributed by atoms with van der Waals surface area (Å²) in [4.78, 5) is 14.1. The van der Waals surface area contributed by atoms with Crippen LogP contribution < -0.4 is 25.4 Å². The van der Waals surface area contributed by atoms with Crippen LogP contribution >= 0.6 is 11.6 Å². The molecule has 0 spiro atoms. The van der Waals surface area contributed by atoms with Crippen LogP contribution in [0.4, 0.5) is 22.7 Å². The summed E-state index contributed by atoms with van der Waals surface area (Å²) in [6.45, 7) is 18.4. The summed E-state index contributed by atoms with van der Waals surface area (Å²) >= 11 is 7.50. The molecule has 3 N–H and O–H groups in total. The minimum absolute atomic E-state index is 0.0798. The average Bonchev–Trinajstić information content (AvgIpc) is 3.58. The number of nitrogens with one attached hydrogen (secondary N) is 1. The molecular weight excluding hydrogens is 720 g/mol. The lowest BCUT2D eigenvalue weighted by molar-refractivity contribution is -0.384. The number of anilines is 3. The largest absolute Gasteiger partial charge is 0.491 e. The van der Waals surface area contributed by atoms with Gasteiger partial charge in [0.15, 0.2) is 0 Å². The van der Waals surface area contributed by atoms with Crippen molar-refractivity contribution >= 4 is 34.4 Å². The third kappa shape index (κ3) is 9.02. The molecule has 0 radical (unpaired) electrons. The van der Waals surface area contributed by atoms with Gasteiger partial charge in [-0.25, -0.2) is 0 Å². The molecule has 1 aliphatic carbocycles. The molecule has 296 valence electrons. The second-order valence-electron chi connectivity index (χ2n) is 16.9. The number of ether oxygens (including phenoxy) is 2. The molecule has 8 nitrogen and oxygen atoms in total. The zero-order chi connectivity index (χ0) is 40.4. The fourth-order valence-corrected chi connectivity index (χ4v) is 8.67. The molecule has 0 fully saturated rings. The lowest BCUT2D eigenvalue weighted by Crippen LogP contribution is -2.29. The lowest BCUT2D eigenvalue weighted by Gasteiger charge is -2.30. The zero-order valence-corrected chi connectivity index (χ0v) is 34.9. The summed E-state index contributed by atoms with van der Waals surface area (Å²) in [6, 6.07) is 28.0.